The Kier molecular flexibility index (Phi) is 5.40. The third-order valence-corrected chi connectivity index (χ3v) is 4.23. The molecule has 1 fully saturated rings. The van der Waals surface area contributed by atoms with Gasteiger partial charge >= 0.3 is 0 Å². The van der Waals surface area contributed by atoms with Gasteiger partial charge in [0.2, 0.25) is 0 Å². The normalized spacial score (nSPS) is 19.7. The highest BCUT2D eigenvalue weighted by molar-refractivity contribution is 5.34. The van der Waals surface area contributed by atoms with Crippen LogP contribution in [0.15, 0.2) is 24.3 Å². The molecule has 2 rings (SSSR count). The highest BCUT2D eigenvalue weighted by Gasteiger charge is 2.33. The van der Waals surface area contributed by atoms with Crippen molar-refractivity contribution in [2.75, 3.05) is 26.9 Å². The molecule has 1 saturated heterocycles. The summed E-state index contributed by atoms with van der Waals surface area (Å²) in [4.78, 5) is 0. The van der Waals surface area contributed by atoms with Gasteiger partial charge in [-0.3, -0.25) is 0 Å². The number of phenolic OH excluding ortho intramolecular Hbond substituents is 1. The van der Waals surface area contributed by atoms with Gasteiger partial charge in [-0.15, -0.1) is 0 Å². The minimum Gasteiger partial charge on any atom is -0.508 e. The van der Waals surface area contributed by atoms with E-state index < -0.39 is 0 Å². The van der Waals surface area contributed by atoms with Gasteiger partial charge in [0.05, 0.1) is 5.60 Å². The molecular weight excluding hydrogens is 254 g/mol. The Morgan fingerprint density at radius 3 is 2.65 bits per heavy atom. The van der Waals surface area contributed by atoms with Crippen LogP contribution in [0.2, 0.25) is 0 Å². The van der Waals surface area contributed by atoms with Crippen molar-refractivity contribution in [3.8, 4) is 5.75 Å². The van der Waals surface area contributed by atoms with Gasteiger partial charge in [-0.2, -0.15) is 0 Å². The van der Waals surface area contributed by atoms with Crippen molar-refractivity contribution >= 4 is 0 Å². The van der Waals surface area contributed by atoms with Crippen LogP contribution < -0.4 is 5.32 Å². The summed E-state index contributed by atoms with van der Waals surface area (Å²) in [7, 11) is 1.77. The smallest absolute Gasteiger partial charge is 0.120 e. The highest BCUT2D eigenvalue weighted by atomic mass is 16.5. The topological polar surface area (TPSA) is 50.7 Å². The average Bonchev–Trinajstić information content (AvgIpc) is 2.50. The zero-order chi connectivity index (χ0) is 14.4. The van der Waals surface area contributed by atoms with E-state index in [1.54, 1.807) is 13.2 Å². The third-order valence-electron chi connectivity index (χ3n) is 4.23. The molecule has 0 amide bonds. The van der Waals surface area contributed by atoms with Crippen molar-refractivity contribution in [1.29, 1.82) is 0 Å². The number of benzene rings is 1. The van der Waals surface area contributed by atoms with Crippen molar-refractivity contribution in [3.63, 3.8) is 0 Å². The average molecular weight is 279 g/mol. The van der Waals surface area contributed by atoms with Gasteiger partial charge in [0.25, 0.3) is 0 Å². The number of nitrogens with one attached hydrogen (secondary N) is 1. The van der Waals surface area contributed by atoms with Crippen LogP contribution in [0.3, 0.4) is 0 Å². The largest absolute Gasteiger partial charge is 0.508 e. The van der Waals surface area contributed by atoms with Gasteiger partial charge in [-0.1, -0.05) is 25.1 Å². The summed E-state index contributed by atoms with van der Waals surface area (Å²) in [6.07, 6.45) is 2.75. The van der Waals surface area contributed by atoms with Crippen molar-refractivity contribution in [1.82, 2.24) is 5.32 Å². The molecule has 20 heavy (non-hydrogen) atoms. The van der Waals surface area contributed by atoms with E-state index in [2.05, 4.69) is 12.2 Å². The van der Waals surface area contributed by atoms with Crippen LogP contribution in [-0.2, 0) is 9.47 Å². The van der Waals surface area contributed by atoms with Crippen LogP contribution in [0.5, 0.6) is 5.75 Å². The second-order valence-corrected chi connectivity index (χ2v) is 5.40. The van der Waals surface area contributed by atoms with Crippen LogP contribution >= 0.6 is 0 Å². The molecule has 1 heterocycles. The summed E-state index contributed by atoms with van der Waals surface area (Å²) in [6, 6.07) is 7.66. The minimum absolute atomic E-state index is 0.143. The molecule has 0 unspecified atom stereocenters. The van der Waals surface area contributed by atoms with Crippen LogP contribution in [0, 0.1) is 0 Å². The first kappa shape index (κ1) is 15.3. The summed E-state index contributed by atoms with van der Waals surface area (Å²) in [6.45, 7) is 4.40. The van der Waals surface area contributed by atoms with E-state index in [9.17, 15) is 5.11 Å². The van der Waals surface area contributed by atoms with Crippen molar-refractivity contribution in [3.05, 3.63) is 29.8 Å². The van der Waals surface area contributed by atoms with E-state index in [0.29, 0.717) is 5.75 Å². The molecule has 4 nitrogen and oxygen atoms in total. The van der Waals surface area contributed by atoms with Gasteiger partial charge in [-0.05, 0) is 12.5 Å². The van der Waals surface area contributed by atoms with Gasteiger partial charge < -0.3 is 19.9 Å². The molecule has 1 aromatic rings. The zero-order valence-electron chi connectivity index (χ0n) is 12.4. The van der Waals surface area contributed by atoms with E-state index in [4.69, 9.17) is 9.47 Å². The van der Waals surface area contributed by atoms with Crippen LogP contribution in [0.4, 0.5) is 0 Å². The van der Waals surface area contributed by atoms with Crippen molar-refractivity contribution < 1.29 is 14.6 Å². The fourth-order valence-electron chi connectivity index (χ4n) is 2.76. The molecule has 1 aromatic carbocycles. The fraction of sp³-hybridized carbons (Fsp3) is 0.625. The Hall–Kier alpha value is -1.10. The van der Waals surface area contributed by atoms with E-state index in [1.165, 1.54) is 0 Å². The number of hydrogen-bond acceptors (Lipinski definition) is 4. The fourth-order valence-corrected chi connectivity index (χ4v) is 2.76. The molecule has 4 heteroatoms. The van der Waals surface area contributed by atoms with Gasteiger partial charge in [0.15, 0.2) is 0 Å². The van der Waals surface area contributed by atoms with Gasteiger partial charge in [0.1, 0.15) is 5.75 Å². The number of phenols is 1. The van der Waals surface area contributed by atoms with Gasteiger partial charge in [-0.25, -0.2) is 0 Å². The lowest BCUT2D eigenvalue weighted by Gasteiger charge is -2.37. The molecule has 1 aliphatic rings. The van der Waals surface area contributed by atoms with E-state index >= 15 is 0 Å². The maximum absolute atomic E-state index is 9.98. The lowest BCUT2D eigenvalue weighted by molar-refractivity contribution is -0.0887. The van der Waals surface area contributed by atoms with E-state index in [0.717, 1.165) is 44.6 Å². The van der Waals surface area contributed by atoms with E-state index in [-0.39, 0.29) is 11.6 Å². The maximum Gasteiger partial charge on any atom is 0.120 e. The number of para-hydroxylation sites is 1. The molecule has 2 N–H and O–H groups in total. The summed E-state index contributed by atoms with van der Waals surface area (Å²) in [5, 5.41) is 13.5. The predicted molar refractivity (Wildman–Crippen MR) is 78.9 cm³/mol. The molecule has 0 spiro atoms. The molecule has 0 radical (unpaired) electrons. The summed E-state index contributed by atoms with van der Waals surface area (Å²) >= 11 is 0. The second kappa shape index (κ2) is 7.07. The standard InChI is InChI=1S/C16H25NO3/c1-3-14(13-6-4-5-7-15(13)18)17-12-16(19-2)8-10-20-11-9-16/h4-7,14,17-18H,3,8-12H2,1-2H3/t14-/m0/s1. The Morgan fingerprint density at radius 1 is 1.35 bits per heavy atom. The van der Waals surface area contributed by atoms with Crippen molar-refractivity contribution in [2.24, 2.45) is 0 Å². The van der Waals surface area contributed by atoms with Crippen LogP contribution in [-0.4, -0.2) is 37.6 Å². The number of ether oxygens (including phenoxy) is 2. The Morgan fingerprint density at radius 2 is 2.05 bits per heavy atom. The SMILES string of the molecule is CC[C@H](NCC1(OC)CCOCC1)c1ccccc1O. The third kappa shape index (κ3) is 3.51. The second-order valence-electron chi connectivity index (χ2n) is 5.40. The molecule has 0 aliphatic carbocycles. The predicted octanol–water partition coefficient (Wildman–Crippen LogP) is 2.63. The molecule has 0 saturated carbocycles. The molecular formula is C16H25NO3. The molecule has 1 aliphatic heterocycles. The van der Waals surface area contributed by atoms with E-state index in [1.807, 2.05) is 18.2 Å². The van der Waals surface area contributed by atoms with Gasteiger partial charge in [0, 0.05) is 51.3 Å². The number of rotatable bonds is 6. The Labute approximate surface area is 121 Å². The molecule has 0 bridgehead atoms. The number of methoxy groups -OCH3 is 1. The number of aromatic hydroxyl groups is 1. The Bertz CT molecular complexity index is 416. The lowest BCUT2D eigenvalue weighted by atomic mass is 9.93. The number of hydrogen-bond donors (Lipinski definition) is 2. The van der Waals surface area contributed by atoms with Crippen LogP contribution in [0.25, 0.3) is 0 Å². The maximum atomic E-state index is 9.98. The highest BCUT2D eigenvalue weighted by Crippen LogP contribution is 2.28. The molecule has 0 aromatic heterocycles. The first-order chi connectivity index (χ1) is 9.71. The first-order valence-corrected chi connectivity index (χ1v) is 7.35. The minimum atomic E-state index is -0.143. The first-order valence-electron chi connectivity index (χ1n) is 7.35. The zero-order valence-corrected chi connectivity index (χ0v) is 12.4. The molecule has 1 atom stereocenters. The summed E-state index contributed by atoms with van der Waals surface area (Å²) < 4.78 is 11.2. The monoisotopic (exact) mass is 279 g/mol. The Balaban J connectivity index is 2.01. The quantitative estimate of drug-likeness (QED) is 0.840. The van der Waals surface area contributed by atoms with Crippen molar-refractivity contribution in [2.45, 2.75) is 37.8 Å². The lowest BCUT2D eigenvalue weighted by Crippen LogP contribution is -2.47. The summed E-state index contributed by atoms with van der Waals surface area (Å²) in [5.74, 6) is 0.352. The molecule has 112 valence electrons. The summed E-state index contributed by atoms with van der Waals surface area (Å²) in [5.41, 5.74) is 0.809. The van der Waals surface area contributed by atoms with Crippen LogP contribution in [0.1, 0.15) is 37.8 Å².